The fraction of sp³-hybridized carbons (Fsp3) is 0.194. The first kappa shape index (κ1) is 28.6. The van der Waals surface area contributed by atoms with E-state index in [1.807, 2.05) is 54.1 Å². The molecular formula is C31H27FN6O3S2. The maximum absolute atomic E-state index is 13.7. The summed E-state index contributed by atoms with van der Waals surface area (Å²) in [6, 6.07) is 18.9. The van der Waals surface area contributed by atoms with Crippen LogP contribution in [0.2, 0.25) is 0 Å². The van der Waals surface area contributed by atoms with Crippen molar-refractivity contribution in [2.24, 2.45) is 5.10 Å². The third kappa shape index (κ3) is 6.02. The number of carbonyl (C=O) groups is 2. The van der Waals surface area contributed by atoms with Crippen molar-refractivity contribution >= 4 is 40.6 Å². The topological polar surface area (TPSA) is 106 Å². The Bertz CT molecular complexity index is 1780. The highest BCUT2D eigenvalue weighted by Crippen LogP contribution is 2.35. The molecular weight excluding hydrogens is 588 g/mol. The number of aryl methyl sites for hydroxylation is 1. The molecule has 2 amide bonds. The van der Waals surface area contributed by atoms with Crippen molar-refractivity contribution in [3.8, 4) is 5.69 Å². The number of halogens is 1. The first-order valence-electron chi connectivity index (χ1n) is 13.5. The number of thiophene rings is 1. The largest absolute Gasteiger partial charge is 0.459 e. The van der Waals surface area contributed by atoms with Gasteiger partial charge in [0, 0.05) is 6.42 Å². The number of nitrogens with one attached hydrogen (secondary N) is 1. The van der Waals surface area contributed by atoms with Crippen LogP contribution >= 0.6 is 23.1 Å². The predicted octanol–water partition coefficient (Wildman–Crippen LogP) is 6.08. The van der Waals surface area contributed by atoms with E-state index in [0.717, 1.165) is 33.0 Å². The quantitative estimate of drug-likeness (QED) is 0.202. The Kier molecular flexibility index (Phi) is 8.21. The Balaban J connectivity index is 1.26. The van der Waals surface area contributed by atoms with Gasteiger partial charge in [-0.3, -0.25) is 14.2 Å². The van der Waals surface area contributed by atoms with Crippen molar-refractivity contribution in [3.05, 3.63) is 117 Å². The van der Waals surface area contributed by atoms with Crippen LogP contribution in [0.1, 0.15) is 50.4 Å². The number of hydrogen-bond acceptors (Lipinski definition) is 8. The lowest BCUT2D eigenvalue weighted by Gasteiger charge is -2.22. The summed E-state index contributed by atoms with van der Waals surface area (Å²) in [6.45, 7) is 4.12. The molecule has 9 nitrogen and oxygen atoms in total. The van der Waals surface area contributed by atoms with Crippen molar-refractivity contribution in [3.63, 3.8) is 0 Å². The van der Waals surface area contributed by atoms with Gasteiger partial charge >= 0.3 is 0 Å². The fourth-order valence-electron chi connectivity index (χ4n) is 4.85. The van der Waals surface area contributed by atoms with Crippen LogP contribution in [0.15, 0.2) is 93.0 Å². The predicted molar refractivity (Wildman–Crippen MR) is 163 cm³/mol. The van der Waals surface area contributed by atoms with Crippen molar-refractivity contribution in [1.82, 2.24) is 25.1 Å². The number of benzene rings is 2. The minimum Gasteiger partial charge on any atom is -0.459 e. The van der Waals surface area contributed by atoms with Crippen LogP contribution in [-0.4, -0.2) is 43.1 Å². The van der Waals surface area contributed by atoms with Gasteiger partial charge in [-0.1, -0.05) is 42.1 Å². The van der Waals surface area contributed by atoms with Gasteiger partial charge in [0.05, 0.1) is 40.9 Å². The lowest BCUT2D eigenvalue weighted by Crippen LogP contribution is -2.28. The third-order valence-corrected chi connectivity index (χ3v) is 9.05. The van der Waals surface area contributed by atoms with E-state index in [1.165, 1.54) is 35.2 Å². The Morgan fingerprint density at radius 1 is 1.07 bits per heavy atom. The maximum atomic E-state index is 13.7. The highest BCUT2D eigenvalue weighted by molar-refractivity contribution is 7.99. The zero-order valence-corrected chi connectivity index (χ0v) is 25.0. The van der Waals surface area contributed by atoms with E-state index < -0.39 is 0 Å². The number of aromatic nitrogens is 3. The monoisotopic (exact) mass is 614 g/mol. The SMILES string of the molecule is Cc1cccc(-n2c(CNC(=O)c3ccco3)nnc2SCC(=O)N2N=C(c3cccs3)C[C@H]2c2ccc(F)cc2)c1C. The molecule has 12 heteroatoms. The lowest BCUT2D eigenvalue weighted by molar-refractivity contribution is -0.130. The first-order valence-corrected chi connectivity index (χ1v) is 15.4. The van der Waals surface area contributed by atoms with Crippen LogP contribution < -0.4 is 5.32 Å². The van der Waals surface area contributed by atoms with E-state index in [-0.39, 0.29) is 41.7 Å². The third-order valence-electron chi connectivity index (χ3n) is 7.22. The smallest absolute Gasteiger partial charge is 0.287 e. The minimum absolute atomic E-state index is 0.0423. The highest BCUT2D eigenvalue weighted by Gasteiger charge is 2.34. The zero-order valence-electron chi connectivity index (χ0n) is 23.4. The summed E-state index contributed by atoms with van der Waals surface area (Å²) in [7, 11) is 0. The molecule has 0 fully saturated rings. The van der Waals surface area contributed by atoms with Gasteiger partial charge in [0.15, 0.2) is 16.7 Å². The van der Waals surface area contributed by atoms with E-state index in [9.17, 15) is 14.0 Å². The van der Waals surface area contributed by atoms with E-state index in [2.05, 4.69) is 15.5 Å². The van der Waals surface area contributed by atoms with Gasteiger partial charge in [-0.25, -0.2) is 9.40 Å². The molecule has 0 radical (unpaired) electrons. The molecule has 0 saturated heterocycles. The molecule has 0 saturated carbocycles. The van der Waals surface area contributed by atoms with Crippen LogP contribution in [0.5, 0.6) is 0 Å². The molecule has 5 aromatic rings. The standard InChI is InChI=1S/C31H27FN6O3S2/c1-19-6-3-7-24(20(19)2)37-28(17-33-30(40)26-8-4-14-41-26)34-35-31(37)43-18-29(39)38-25(21-10-12-22(32)13-11-21)16-23(36-38)27-9-5-15-42-27/h3-15,25H,16-18H2,1-2H3,(H,33,40)/t25-/m0/s1. The van der Waals surface area contributed by atoms with Gasteiger partial charge in [0.25, 0.3) is 11.8 Å². The van der Waals surface area contributed by atoms with Gasteiger partial charge in [-0.05, 0) is 72.3 Å². The molecule has 1 N–H and O–H groups in total. The Morgan fingerprint density at radius 3 is 2.65 bits per heavy atom. The van der Waals surface area contributed by atoms with Crippen molar-refractivity contribution in [1.29, 1.82) is 0 Å². The summed E-state index contributed by atoms with van der Waals surface area (Å²) in [5.74, 6) is -0.176. The molecule has 1 aliphatic heterocycles. The number of hydrogen-bond donors (Lipinski definition) is 1. The molecule has 3 aromatic heterocycles. The van der Waals surface area contributed by atoms with Crippen molar-refractivity contribution in [2.45, 2.75) is 38.0 Å². The molecule has 0 aliphatic carbocycles. The number of furan rings is 1. The molecule has 1 atom stereocenters. The first-order chi connectivity index (χ1) is 20.9. The molecule has 0 bridgehead atoms. The van der Waals surface area contributed by atoms with E-state index in [1.54, 1.807) is 35.6 Å². The van der Waals surface area contributed by atoms with Crippen LogP contribution in [0.4, 0.5) is 4.39 Å². The molecule has 0 unspecified atom stereocenters. The summed E-state index contributed by atoms with van der Waals surface area (Å²) in [6.07, 6.45) is 1.97. The summed E-state index contributed by atoms with van der Waals surface area (Å²) >= 11 is 2.81. The molecule has 43 heavy (non-hydrogen) atoms. The maximum Gasteiger partial charge on any atom is 0.287 e. The number of rotatable bonds is 9. The minimum atomic E-state index is -0.370. The summed E-state index contributed by atoms with van der Waals surface area (Å²) < 4.78 is 20.8. The van der Waals surface area contributed by atoms with Crippen LogP contribution in [0.25, 0.3) is 5.69 Å². The number of thioether (sulfide) groups is 1. The second-order valence-electron chi connectivity index (χ2n) is 9.94. The summed E-state index contributed by atoms with van der Waals surface area (Å²) in [5.41, 5.74) is 4.58. The van der Waals surface area contributed by atoms with Crippen molar-refractivity contribution in [2.75, 3.05) is 5.75 Å². The van der Waals surface area contributed by atoms with Gasteiger partial charge in [0.1, 0.15) is 5.82 Å². The fourth-order valence-corrected chi connectivity index (χ4v) is 6.39. The number of amides is 2. The highest BCUT2D eigenvalue weighted by atomic mass is 32.2. The second kappa shape index (κ2) is 12.4. The number of nitrogens with zero attached hydrogens (tertiary/aromatic N) is 5. The number of hydrazone groups is 1. The van der Waals surface area contributed by atoms with Crippen LogP contribution in [0, 0.1) is 19.7 Å². The lowest BCUT2D eigenvalue weighted by atomic mass is 10.0. The molecule has 2 aromatic carbocycles. The Hall–Kier alpha value is -4.55. The zero-order chi connectivity index (χ0) is 29.9. The van der Waals surface area contributed by atoms with Crippen LogP contribution in [-0.2, 0) is 11.3 Å². The average Bonchev–Trinajstić information content (AvgIpc) is 3.83. The molecule has 0 spiro atoms. The van der Waals surface area contributed by atoms with Gasteiger partial charge in [-0.2, -0.15) is 5.10 Å². The Labute approximate surface area is 255 Å². The Morgan fingerprint density at radius 2 is 1.91 bits per heavy atom. The van der Waals surface area contributed by atoms with Gasteiger partial charge < -0.3 is 9.73 Å². The average molecular weight is 615 g/mol. The molecule has 4 heterocycles. The molecule has 1 aliphatic rings. The van der Waals surface area contributed by atoms with E-state index in [0.29, 0.717) is 17.4 Å². The molecule has 218 valence electrons. The van der Waals surface area contributed by atoms with Crippen molar-refractivity contribution < 1.29 is 18.4 Å². The number of carbonyl (C=O) groups excluding carboxylic acids is 2. The second-order valence-corrected chi connectivity index (χ2v) is 11.8. The van der Waals surface area contributed by atoms with E-state index >= 15 is 0 Å². The summed E-state index contributed by atoms with van der Waals surface area (Å²) in [4.78, 5) is 27.2. The molecule has 6 rings (SSSR count). The van der Waals surface area contributed by atoms with Gasteiger partial charge in [0.2, 0.25) is 0 Å². The van der Waals surface area contributed by atoms with E-state index in [4.69, 9.17) is 9.52 Å². The van der Waals surface area contributed by atoms with Gasteiger partial charge in [-0.15, -0.1) is 21.5 Å². The summed E-state index contributed by atoms with van der Waals surface area (Å²) in [5, 5.41) is 20.3. The van der Waals surface area contributed by atoms with Crippen LogP contribution in [0.3, 0.4) is 0 Å². The normalized spacial score (nSPS) is 14.6.